The topological polar surface area (TPSA) is 109 Å². The van der Waals surface area contributed by atoms with Gasteiger partial charge >= 0.3 is 5.97 Å². The highest BCUT2D eigenvalue weighted by atomic mass is 35.5. The molecule has 0 saturated carbocycles. The van der Waals surface area contributed by atoms with Crippen LogP contribution in [-0.2, 0) is 9.59 Å². The largest absolute Gasteiger partial charge is 0.481 e. The predicted molar refractivity (Wildman–Crippen MR) is 74.6 cm³/mol. The van der Waals surface area contributed by atoms with Crippen LogP contribution in [0.1, 0.15) is 30.1 Å². The predicted octanol–water partition coefficient (Wildman–Crippen LogP) is 1.88. The maximum Gasteiger partial charge on any atom is 0.303 e. The van der Waals surface area contributed by atoms with Crippen molar-refractivity contribution < 1.29 is 19.5 Å². The lowest BCUT2D eigenvalue weighted by Gasteiger charge is -2.11. The molecule has 7 heteroatoms. The van der Waals surface area contributed by atoms with E-state index in [1.807, 2.05) is 0 Å². The van der Waals surface area contributed by atoms with E-state index in [4.69, 9.17) is 22.4 Å². The van der Waals surface area contributed by atoms with Gasteiger partial charge in [0, 0.05) is 18.4 Å². The molecule has 108 valence electrons. The van der Waals surface area contributed by atoms with Gasteiger partial charge in [0.25, 0.3) is 0 Å². The average Bonchev–Trinajstić information content (AvgIpc) is 2.30. The first kappa shape index (κ1) is 16.0. The lowest BCUT2D eigenvalue weighted by Crippen LogP contribution is -2.18. The normalized spacial score (nSPS) is 11.7. The Balaban J connectivity index is 2.72. The van der Waals surface area contributed by atoms with E-state index in [-0.39, 0.29) is 40.9 Å². The third kappa shape index (κ3) is 4.89. The van der Waals surface area contributed by atoms with Gasteiger partial charge in [-0.05, 0) is 24.1 Å². The third-order valence-electron chi connectivity index (χ3n) is 2.58. The molecule has 20 heavy (non-hydrogen) atoms. The van der Waals surface area contributed by atoms with Crippen molar-refractivity contribution in [3.63, 3.8) is 0 Å². The highest BCUT2D eigenvalue weighted by Crippen LogP contribution is 2.23. The molecular weight excluding hydrogens is 284 g/mol. The Hall–Kier alpha value is -2.08. The number of rotatable bonds is 6. The van der Waals surface area contributed by atoms with Gasteiger partial charge in [-0.25, -0.2) is 0 Å². The van der Waals surface area contributed by atoms with Gasteiger partial charge < -0.3 is 16.2 Å². The molecule has 0 aliphatic heterocycles. The summed E-state index contributed by atoms with van der Waals surface area (Å²) in [5, 5.41) is 11.4. The molecule has 1 rings (SSSR count). The first-order valence-corrected chi connectivity index (χ1v) is 6.28. The minimum Gasteiger partial charge on any atom is -0.481 e. The van der Waals surface area contributed by atoms with E-state index in [9.17, 15) is 14.4 Å². The van der Waals surface area contributed by atoms with Crippen LogP contribution in [0, 0.1) is 5.92 Å². The Kier molecular flexibility index (Phi) is 5.52. The van der Waals surface area contributed by atoms with Crippen molar-refractivity contribution in [2.45, 2.75) is 19.8 Å². The third-order valence-corrected chi connectivity index (χ3v) is 2.91. The van der Waals surface area contributed by atoms with Crippen LogP contribution in [-0.4, -0.2) is 22.9 Å². The highest BCUT2D eigenvalue weighted by molar-refractivity contribution is 6.33. The number of nitrogens with two attached hydrogens (primary N) is 1. The number of carbonyl (C=O) groups excluding carboxylic acids is 2. The molecule has 1 aromatic carbocycles. The Labute approximate surface area is 120 Å². The van der Waals surface area contributed by atoms with E-state index in [2.05, 4.69) is 5.32 Å². The fourth-order valence-electron chi connectivity index (χ4n) is 1.66. The monoisotopic (exact) mass is 298 g/mol. The van der Waals surface area contributed by atoms with Crippen LogP contribution in [0.2, 0.25) is 5.02 Å². The van der Waals surface area contributed by atoms with Crippen LogP contribution in [0.15, 0.2) is 18.2 Å². The molecule has 2 amide bonds. The van der Waals surface area contributed by atoms with E-state index in [0.717, 1.165) is 0 Å². The van der Waals surface area contributed by atoms with E-state index in [0.29, 0.717) is 0 Å². The molecule has 1 atom stereocenters. The molecule has 0 fully saturated rings. The summed E-state index contributed by atoms with van der Waals surface area (Å²) in [6.45, 7) is 1.66. The highest BCUT2D eigenvalue weighted by Gasteiger charge is 2.14. The van der Waals surface area contributed by atoms with Crippen LogP contribution in [0.4, 0.5) is 5.69 Å². The molecule has 0 aliphatic rings. The maximum absolute atomic E-state index is 11.8. The number of aliphatic carboxylic acids is 1. The molecule has 0 aromatic heterocycles. The van der Waals surface area contributed by atoms with Crippen molar-refractivity contribution in [1.82, 2.24) is 0 Å². The maximum atomic E-state index is 11.8. The first-order chi connectivity index (χ1) is 9.29. The zero-order chi connectivity index (χ0) is 15.3. The SMILES string of the molecule is CC(CC(=O)O)CC(=O)Nc1cc(C(N)=O)ccc1Cl. The van der Waals surface area contributed by atoms with Gasteiger partial charge in [0.05, 0.1) is 10.7 Å². The van der Waals surface area contributed by atoms with E-state index in [1.165, 1.54) is 18.2 Å². The van der Waals surface area contributed by atoms with Gasteiger partial charge in [-0.15, -0.1) is 0 Å². The fraction of sp³-hybridized carbons (Fsp3) is 0.308. The van der Waals surface area contributed by atoms with E-state index in [1.54, 1.807) is 6.92 Å². The number of amides is 2. The molecule has 0 saturated heterocycles. The van der Waals surface area contributed by atoms with Crippen LogP contribution in [0.3, 0.4) is 0 Å². The van der Waals surface area contributed by atoms with Crippen molar-refractivity contribution in [2.75, 3.05) is 5.32 Å². The summed E-state index contributed by atoms with van der Waals surface area (Å²) in [6.07, 6.45) is -0.0497. The van der Waals surface area contributed by atoms with Crippen LogP contribution in [0.5, 0.6) is 0 Å². The number of benzene rings is 1. The molecule has 0 bridgehead atoms. The molecule has 1 unspecified atom stereocenters. The second-order valence-corrected chi connectivity index (χ2v) is 4.92. The van der Waals surface area contributed by atoms with Gasteiger partial charge in [-0.1, -0.05) is 18.5 Å². The fourth-order valence-corrected chi connectivity index (χ4v) is 1.83. The number of halogens is 1. The standard InChI is InChI=1S/C13H15ClN2O4/c1-7(5-12(18)19)4-11(17)16-10-6-8(13(15)20)2-3-9(10)14/h2-3,6-7H,4-5H2,1H3,(H2,15,20)(H,16,17)(H,18,19). The van der Waals surface area contributed by atoms with Crippen molar-refractivity contribution in [3.8, 4) is 0 Å². The number of hydrogen-bond donors (Lipinski definition) is 3. The Morgan fingerprint density at radius 2 is 2.00 bits per heavy atom. The molecule has 0 aliphatic carbocycles. The molecular formula is C13H15ClN2O4. The van der Waals surface area contributed by atoms with Gasteiger partial charge in [0.15, 0.2) is 0 Å². The summed E-state index contributed by atoms with van der Waals surface area (Å²) in [5.74, 6) is -2.26. The Morgan fingerprint density at radius 1 is 1.35 bits per heavy atom. The van der Waals surface area contributed by atoms with E-state index >= 15 is 0 Å². The van der Waals surface area contributed by atoms with Crippen molar-refractivity contribution in [2.24, 2.45) is 11.7 Å². The van der Waals surface area contributed by atoms with Gasteiger partial charge in [0.1, 0.15) is 0 Å². The zero-order valence-electron chi connectivity index (χ0n) is 10.9. The summed E-state index contributed by atoms with van der Waals surface area (Å²) >= 11 is 5.90. The molecule has 0 spiro atoms. The van der Waals surface area contributed by atoms with Crippen molar-refractivity contribution >= 4 is 35.1 Å². The van der Waals surface area contributed by atoms with Crippen molar-refractivity contribution in [3.05, 3.63) is 28.8 Å². The van der Waals surface area contributed by atoms with Gasteiger partial charge in [0.2, 0.25) is 11.8 Å². The van der Waals surface area contributed by atoms with Crippen molar-refractivity contribution in [1.29, 1.82) is 0 Å². The van der Waals surface area contributed by atoms with Crippen LogP contribution < -0.4 is 11.1 Å². The van der Waals surface area contributed by atoms with Crippen LogP contribution in [0.25, 0.3) is 0 Å². The number of primary amides is 1. The van der Waals surface area contributed by atoms with E-state index < -0.39 is 11.9 Å². The minimum absolute atomic E-state index is 0.0451. The Morgan fingerprint density at radius 3 is 2.55 bits per heavy atom. The van der Waals surface area contributed by atoms with Gasteiger partial charge in [-0.2, -0.15) is 0 Å². The zero-order valence-corrected chi connectivity index (χ0v) is 11.6. The number of nitrogens with one attached hydrogen (secondary N) is 1. The summed E-state index contributed by atoms with van der Waals surface area (Å²) in [7, 11) is 0. The minimum atomic E-state index is -0.959. The van der Waals surface area contributed by atoms with Crippen LogP contribution >= 0.6 is 11.6 Å². The number of carboxylic acid groups (broad SMARTS) is 1. The first-order valence-electron chi connectivity index (χ1n) is 5.90. The number of anilines is 1. The molecule has 4 N–H and O–H groups in total. The summed E-state index contributed by atoms with van der Waals surface area (Å²) in [4.78, 5) is 33.3. The Bertz CT molecular complexity index is 545. The quantitative estimate of drug-likeness (QED) is 0.744. The lowest BCUT2D eigenvalue weighted by atomic mass is 10.0. The second-order valence-electron chi connectivity index (χ2n) is 4.51. The van der Waals surface area contributed by atoms with Gasteiger partial charge in [-0.3, -0.25) is 14.4 Å². The molecule has 6 nitrogen and oxygen atoms in total. The summed E-state index contributed by atoms with van der Waals surface area (Å²) < 4.78 is 0. The summed E-state index contributed by atoms with van der Waals surface area (Å²) in [6, 6.07) is 4.29. The number of hydrogen-bond acceptors (Lipinski definition) is 3. The molecule has 0 heterocycles. The smallest absolute Gasteiger partial charge is 0.303 e. The number of carboxylic acids is 1. The average molecular weight is 299 g/mol. The molecule has 0 radical (unpaired) electrons. The second kappa shape index (κ2) is 6.91. The lowest BCUT2D eigenvalue weighted by molar-refractivity contribution is -0.138. The molecule has 1 aromatic rings. The number of carbonyl (C=O) groups is 3. The summed E-state index contributed by atoms with van der Waals surface area (Å²) in [5.41, 5.74) is 5.64.